The predicted octanol–water partition coefficient (Wildman–Crippen LogP) is 2.89. The van der Waals surface area contributed by atoms with Crippen LogP contribution in [-0.2, 0) is 16.1 Å². The molecule has 1 aromatic carbocycles. The standard InChI is InChI=1S/C23H32N4O3/c1-25(17-18-9-3-4-10-19(18)26-14-7-2-8-15-26)20(28)11-16-27-21(29)23(24-22(27)30)12-5-6-13-23/h3-4,9-10H,2,5-8,11-17H2,1H3,(H,24,30). The maximum absolute atomic E-state index is 12.8. The number of carbonyl (C=O) groups excluding carboxylic acids is 3. The van der Waals surface area contributed by atoms with Crippen LogP contribution >= 0.6 is 0 Å². The molecular formula is C23H32N4O3. The number of hydrogen-bond acceptors (Lipinski definition) is 4. The number of para-hydroxylation sites is 1. The molecule has 2 aliphatic heterocycles. The summed E-state index contributed by atoms with van der Waals surface area (Å²) in [5.41, 5.74) is 1.63. The molecule has 7 heteroatoms. The number of rotatable bonds is 6. The van der Waals surface area contributed by atoms with Crippen molar-refractivity contribution in [3.63, 3.8) is 0 Å². The van der Waals surface area contributed by atoms with Crippen LogP contribution in [0.1, 0.15) is 56.9 Å². The Kier molecular flexibility index (Phi) is 5.97. The highest BCUT2D eigenvalue weighted by molar-refractivity contribution is 6.07. The van der Waals surface area contributed by atoms with E-state index in [9.17, 15) is 14.4 Å². The molecule has 0 atom stereocenters. The van der Waals surface area contributed by atoms with Gasteiger partial charge >= 0.3 is 6.03 Å². The van der Waals surface area contributed by atoms with Gasteiger partial charge in [-0.1, -0.05) is 31.0 Å². The molecule has 4 rings (SSSR count). The van der Waals surface area contributed by atoms with Gasteiger partial charge in [0.2, 0.25) is 5.91 Å². The van der Waals surface area contributed by atoms with Crippen LogP contribution in [-0.4, -0.2) is 59.9 Å². The largest absolute Gasteiger partial charge is 0.371 e. The van der Waals surface area contributed by atoms with Gasteiger partial charge in [0.25, 0.3) is 5.91 Å². The first-order chi connectivity index (χ1) is 14.5. The zero-order chi connectivity index (χ0) is 21.1. The Morgan fingerprint density at radius 2 is 1.77 bits per heavy atom. The van der Waals surface area contributed by atoms with E-state index >= 15 is 0 Å². The van der Waals surface area contributed by atoms with Gasteiger partial charge < -0.3 is 15.1 Å². The van der Waals surface area contributed by atoms with Crippen LogP contribution in [0.25, 0.3) is 0 Å². The number of imide groups is 1. The minimum absolute atomic E-state index is 0.0589. The monoisotopic (exact) mass is 412 g/mol. The smallest absolute Gasteiger partial charge is 0.325 e. The van der Waals surface area contributed by atoms with Gasteiger partial charge in [-0.15, -0.1) is 0 Å². The molecule has 0 unspecified atom stereocenters. The second-order valence-electron chi connectivity index (χ2n) is 8.85. The second-order valence-corrected chi connectivity index (χ2v) is 8.85. The van der Waals surface area contributed by atoms with E-state index in [0.29, 0.717) is 19.4 Å². The van der Waals surface area contributed by atoms with Crippen molar-refractivity contribution in [2.24, 2.45) is 0 Å². The number of piperidine rings is 1. The third-order valence-corrected chi connectivity index (χ3v) is 6.77. The molecule has 1 N–H and O–H groups in total. The maximum Gasteiger partial charge on any atom is 0.325 e. The molecule has 1 spiro atoms. The number of amides is 4. The number of carbonyl (C=O) groups is 3. The molecule has 3 fully saturated rings. The van der Waals surface area contributed by atoms with Crippen LogP contribution in [0.2, 0.25) is 0 Å². The fourth-order valence-electron chi connectivity index (χ4n) is 5.03. The molecule has 0 aromatic heterocycles. The number of anilines is 1. The second kappa shape index (κ2) is 8.66. The van der Waals surface area contributed by atoms with Gasteiger partial charge in [0.15, 0.2) is 0 Å². The first-order valence-electron chi connectivity index (χ1n) is 11.2. The van der Waals surface area contributed by atoms with Crippen molar-refractivity contribution in [3.8, 4) is 0 Å². The lowest BCUT2D eigenvalue weighted by Gasteiger charge is -2.31. The third kappa shape index (κ3) is 4.02. The zero-order valence-corrected chi connectivity index (χ0v) is 17.9. The molecule has 1 saturated carbocycles. The van der Waals surface area contributed by atoms with Crippen LogP contribution in [0.4, 0.5) is 10.5 Å². The summed E-state index contributed by atoms with van der Waals surface area (Å²) < 4.78 is 0. The Labute approximate surface area is 178 Å². The highest BCUT2D eigenvalue weighted by atomic mass is 16.2. The summed E-state index contributed by atoms with van der Waals surface area (Å²) in [7, 11) is 1.79. The average molecular weight is 413 g/mol. The number of hydrogen-bond donors (Lipinski definition) is 1. The zero-order valence-electron chi connectivity index (χ0n) is 17.9. The van der Waals surface area contributed by atoms with Crippen molar-refractivity contribution in [2.45, 2.75) is 63.5 Å². The summed E-state index contributed by atoms with van der Waals surface area (Å²) in [5, 5.41) is 2.87. The van der Waals surface area contributed by atoms with E-state index in [4.69, 9.17) is 0 Å². The third-order valence-electron chi connectivity index (χ3n) is 6.77. The lowest BCUT2D eigenvalue weighted by molar-refractivity contribution is -0.133. The van der Waals surface area contributed by atoms with Crippen molar-refractivity contribution in [1.29, 1.82) is 0 Å². The molecule has 4 amide bonds. The van der Waals surface area contributed by atoms with E-state index in [2.05, 4.69) is 22.3 Å². The van der Waals surface area contributed by atoms with E-state index in [1.807, 2.05) is 12.1 Å². The molecule has 2 saturated heterocycles. The molecular weight excluding hydrogens is 380 g/mol. The number of nitrogens with one attached hydrogen (secondary N) is 1. The van der Waals surface area contributed by atoms with Gasteiger partial charge in [-0.25, -0.2) is 4.79 Å². The SMILES string of the molecule is CN(Cc1ccccc1N1CCCCC1)C(=O)CCN1C(=O)NC2(CCCC2)C1=O. The lowest BCUT2D eigenvalue weighted by atomic mass is 9.98. The van der Waals surface area contributed by atoms with Gasteiger partial charge in [0, 0.05) is 45.3 Å². The van der Waals surface area contributed by atoms with Crippen LogP contribution in [0.15, 0.2) is 24.3 Å². The van der Waals surface area contributed by atoms with Crippen LogP contribution in [0, 0.1) is 0 Å². The van der Waals surface area contributed by atoms with Gasteiger partial charge in [-0.3, -0.25) is 14.5 Å². The van der Waals surface area contributed by atoms with E-state index in [-0.39, 0.29) is 30.8 Å². The minimum atomic E-state index is -0.709. The summed E-state index contributed by atoms with van der Waals surface area (Å²) in [4.78, 5) is 43.2. The van der Waals surface area contributed by atoms with Gasteiger partial charge in [0.1, 0.15) is 5.54 Å². The summed E-state index contributed by atoms with van der Waals surface area (Å²) in [6.07, 6.45) is 7.16. The first-order valence-corrected chi connectivity index (χ1v) is 11.2. The van der Waals surface area contributed by atoms with Gasteiger partial charge in [-0.2, -0.15) is 0 Å². The number of nitrogens with zero attached hydrogens (tertiary/aromatic N) is 3. The van der Waals surface area contributed by atoms with Crippen molar-refractivity contribution >= 4 is 23.5 Å². The molecule has 1 aromatic rings. The van der Waals surface area contributed by atoms with Crippen LogP contribution < -0.4 is 10.2 Å². The average Bonchev–Trinajstić information content (AvgIpc) is 3.32. The Morgan fingerprint density at radius 1 is 1.07 bits per heavy atom. The summed E-state index contributed by atoms with van der Waals surface area (Å²) in [6.45, 7) is 2.78. The van der Waals surface area contributed by atoms with Crippen molar-refractivity contribution in [3.05, 3.63) is 29.8 Å². The highest BCUT2D eigenvalue weighted by Crippen LogP contribution is 2.35. The fraction of sp³-hybridized carbons (Fsp3) is 0.609. The molecule has 162 valence electrons. The van der Waals surface area contributed by atoms with E-state index < -0.39 is 5.54 Å². The molecule has 2 heterocycles. The lowest BCUT2D eigenvalue weighted by Crippen LogP contribution is -2.44. The quantitative estimate of drug-likeness (QED) is 0.729. The Bertz CT molecular complexity index is 812. The highest BCUT2D eigenvalue weighted by Gasteiger charge is 2.52. The summed E-state index contributed by atoms with van der Waals surface area (Å²) in [6, 6.07) is 7.91. The van der Waals surface area contributed by atoms with Crippen LogP contribution in [0.3, 0.4) is 0 Å². The molecule has 0 bridgehead atoms. The van der Waals surface area contributed by atoms with E-state index in [1.54, 1.807) is 11.9 Å². The Morgan fingerprint density at radius 3 is 2.50 bits per heavy atom. The molecule has 0 radical (unpaired) electrons. The Hall–Kier alpha value is -2.57. The topological polar surface area (TPSA) is 73.0 Å². The fourth-order valence-corrected chi connectivity index (χ4v) is 5.03. The van der Waals surface area contributed by atoms with Crippen molar-refractivity contribution < 1.29 is 14.4 Å². The molecule has 30 heavy (non-hydrogen) atoms. The summed E-state index contributed by atoms with van der Waals surface area (Å²) in [5.74, 6) is -0.215. The molecule has 3 aliphatic rings. The van der Waals surface area contributed by atoms with Crippen molar-refractivity contribution in [2.75, 3.05) is 31.6 Å². The number of urea groups is 1. The predicted molar refractivity (Wildman–Crippen MR) is 115 cm³/mol. The van der Waals surface area contributed by atoms with Gasteiger partial charge in [-0.05, 0) is 43.7 Å². The molecule has 1 aliphatic carbocycles. The normalized spacial score (nSPS) is 20.7. The van der Waals surface area contributed by atoms with Crippen LogP contribution in [0.5, 0.6) is 0 Å². The molecule has 7 nitrogen and oxygen atoms in total. The van der Waals surface area contributed by atoms with E-state index in [1.165, 1.54) is 29.8 Å². The minimum Gasteiger partial charge on any atom is -0.371 e. The number of benzene rings is 1. The first kappa shape index (κ1) is 20.7. The van der Waals surface area contributed by atoms with Gasteiger partial charge in [0.05, 0.1) is 0 Å². The van der Waals surface area contributed by atoms with E-state index in [0.717, 1.165) is 31.5 Å². The summed E-state index contributed by atoms with van der Waals surface area (Å²) >= 11 is 0. The Balaban J connectivity index is 1.35. The van der Waals surface area contributed by atoms with Crippen molar-refractivity contribution in [1.82, 2.24) is 15.1 Å². The maximum atomic E-state index is 12.8.